The molecule has 1 aromatic carbocycles. The van der Waals surface area contributed by atoms with Gasteiger partial charge in [-0.3, -0.25) is 9.55 Å². The Bertz CT molecular complexity index is 643. The van der Waals surface area contributed by atoms with Crippen LogP contribution in [0, 0.1) is 0 Å². The van der Waals surface area contributed by atoms with Crippen molar-refractivity contribution in [2.24, 2.45) is 0 Å². The fourth-order valence-corrected chi connectivity index (χ4v) is 3.53. The van der Waals surface area contributed by atoms with Gasteiger partial charge >= 0.3 is 7.60 Å². The number of nitrogens with zero attached hydrogens (tertiary/aromatic N) is 1. The van der Waals surface area contributed by atoms with Gasteiger partial charge in [0.15, 0.2) is 0 Å². The standard InChI is InChI=1S/C17H20NO3P/c1-3-20-22(19,21-4-2)17-11-9-15(10-12-17)7-8-16-6-5-13-18-14-16/h5-14H,3-4H2,1-2H3. The van der Waals surface area contributed by atoms with E-state index in [0.29, 0.717) is 18.5 Å². The molecule has 0 spiro atoms. The number of hydrogen-bond acceptors (Lipinski definition) is 4. The van der Waals surface area contributed by atoms with Crippen LogP contribution in [0.15, 0.2) is 48.8 Å². The van der Waals surface area contributed by atoms with Crippen LogP contribution in [0.2, 0.25) is 0 Å². The van der Waals surface area contributed by atoms with Crippen LogP contribution in [0.5, 0.6) is 0 Å². The second-order valence-corrected chi connectivity index (χ2v) is 6.57. The molecule has 2 aromatic rings. The summed E-state index contributed by atoms with van der Waals surface area (Å²) in [7, 11) is -3.20. The van der Waals surface area contributed by atoms with Crippen LogP contribution in [-0.4, -0.2) is 18.2 Å². The molecule has 116 valence electrons. The molecule has 1 heterocycles. The Morgan fingerprint density at radius 1 is 1.00 bits per heavy atom. The Balaban J connectivity index is 2.16. The molecule has 0 radical (unpaired) electrons. The normalized spacial score (nSPS) is 11.9. The highest BCUT2D eigenvalue weighted by atomic mass is 31.2. The van der Waals surface area contributed by atoms with Crippen LogP contribution in [0.4, 0.5) is 0 Å². The summed E-state index contributed by atoms with van der Waals surface area (Å²) in [5, 5.41) is 0.578. The van der Waals surface area contributed by atoms with Crippen LogP contribution in [0.3, 0.4) is 0 Å². The molecule has 0 bridgehead atoms. The minimum atomic E-state index is -3.20. The van der Waals surface area contributed by atoms with Gasteiger partial charge in [0.1, 0.15) is 0 Å². The van der Waals surface area contributed by atoms with Crippen molar-refractivity contribution in [2.45, 2.75) is 13.8 Å². The maximum Gasteiger partial charge on any atom is 0.361 e. The van der Waals surface area contributed by atoms with E-state index in [1.807, 2.05) is 36.4 Å². The van der Waals surface area contributed by atoms with Gasteiger partial charge in [0.2, 0.25) is 0 Å². The highest BCUT2D eigenvalue weighted by Crippen LogP contribution is 2.46. The smallest absolute Gasteiger partial charge is 0.305 e. The molecular formula is C17H20NO3P. The van der Waals surface area contributed by atoms with Crippen LogP contribution >= 0.6 is 7.60 Å². The highest BCUT2D eigenvalue weighted by Gasteiger charge is 2.26. The zero-order chi connectivity index (χ0) is 15.8. The number of hydrogen-bond donors (Lipinski definition) is 0. The molecule has 1 aromatic heterocycles. The Morgan fingerprint density at radius 3 is 2.18 bits per heavy atom. The van der Waals surface area contributed by atoms with E-state index in [9.17, 15) is 4.57 Å². The lowest BCUT2D eigenvalue weighted by molar-refractivity contribution is 0.230. The second-order valence-electron chi connectivity index (χ2n) is 4.54. The Hall–Kier alpha value is -1.74. The van der Waals surface area contributed by atoms with Crippen molar-refractivity contribution in [2.75, 3.05) is 13.2 Å². The van der Waals surface area contributed by atoms with Crippen molar-refractivity contribution in [1.29, 1.82) is 0 Å². The van der Waals surface area contributed by atoms with E-state index in [-0.39, 0.29) is 0 Å². The largest absolute Gasteiger partial charge is 0.361 e. The quantitative estimate of drug-likeness (QED) is 0.720. The Kier molecular flexibility index (Phi) is 6.08. The molecule has 0 aliphatic heterocycles. The predicted molar refractivity (Wildman–Crippen MR) is 90.1 cm³/mol. The predicted octanol–water partition coefficient (Wildman–Crippen LogP) is 4.14. The molecule has 22 heavy (non-hydrogen) atoms. The molecule has 0 N–H and O–H groups in total. The lowest BCUT2D eigenvalue weighted by Crippen LogP contribution is -2.10. The average molecular weight is 317 g/mol. The molecule has 0 fully saturated rings. The summed E-state index contributed by atoms with van der Waals surface area (Å²) in [6, 6.07) is 11.2. The van der Waals surface area contributed by atoms with E-state index >= 15 is 0 Å². The Labute approximate surface area is 131 Å². The molecule has 0 saturated carbocycles. The van der Waals surface area contributed by atoms with Gasteiger partial charge in [0.25, 0.3) is 0 Å². The molecule has 0 saturated heterocycles. The fourth-order valence-electron chi connectivity index (χ4n) is 1.96. The molecule has 0 aliphatic carbocycles. The maximum atomic E-state index is 12.6. The molecule has 5 heteroatoms. The third-order valence-corrected chi connectivity index (χ3v) is 5.09. The summed E-state index contributed by atoms with van der Waals surface area (Å²) in [5.74, 6) is 0. The van der Waals surface area contributed by atoms with Gasteiger partial charge in [-0.05, 0) is 43.2 Å². The first-order chi connectivity index (χ1) is 10.7. The first-order valence-electron chi connectivity index (χ1n) is 7.26. The minimum absolute atomic E-state index is 0.347. The third-order valence-electron chi connectivity index (χ3n) is 2.96. The van der Waals surface area contributed by atoms with Crippen molar-refractivity contribution in [3.8, 4) is 0 Å². The van der Waals surface area contributed by atoms with Gasteiger partial charge in [-0.15, -0.1) is 0 Å². The van der Waals surface area contributed by atoms with Crippen LogP contribution in [-0.2, 0) is 13.6 Å². The van der Waals surface area contributed by atoms with Crippen molar-refractivity contribution in [3.05, 3.63) is 59.9 Å². The summed E-state index contributed by atoms with van der Waals surface area (Å²) in [6.45, 7) is 4.30. The van der Waals surface area contributed by atoms with Gasteiger partial charge in [-0.1, -0.05) is 30.4 Å². The topological polar surface area (TPSA) is 48.4 Å². The van der Waals surface area contributed by atoms with Crippen molar-refractivity contribution < 1.29 is 13.6 Å². The average Bonchev–Trinajstić information content (AvgIpc) is 2.55. The minimum Gasteiger partial charge on any atom is -0.305 e. The van der Waals surface area contributed by atoms with E-state index in [4.69, 9.17) is 9.05 Å². The maximum absolute atomic E-state index is 12.6. The zero-order valence-electron chi connectivity index (χ0n) is 12.8. The van der Waals surface area contributed by atoms with E-state index in [0.717, 1.165) is 11.1 Å². The van der Waals surface area contributed by atoms with Gasteiger partial charge in [0.05, 0.1) is 18.5 Å². The lowest BCUT2D eigenvalue weighted by atomic mass is 10.2. The van der Waals surface area contributed by atoms with Crippen molar-refractivity contribution >= 4 is 25.1 Å². The summed E-state index contributed by atoms with van der Waals surface area (Å²) in [6.07, 6.45) is 7.49. The molecule has 2 rings (SSSR count). The first-order valence-corrected chi connectivity index (χ1v) is 8.80. The van der Waals surface area contributed by atoms with E-state index in [1.54, 1.807) is 38.4 Å². The molecule has 4 nitrogen and oxygen atoms in total. The summed E-state index contributed by atoms with van der Waals surface area (Å²) in [4.78, 5) is 4.06. The van der Waals surface area contributed by atoms with Crippen LogP contribution in [0.25, 0.3) is 12.2 Å². The SMILES string of the molecule is CCOP(=O)(OCC)c1ccc(C=Cc2cccnc2)cc1. The monoisotopic (exact) mass is 317 g/mol. The number of rotatable bonds is 7. The van der Waals surface area contributed by atoms with Gasteiger partial charge in [-0.2, -0.15) is 0 Å². The van der Waals surface area contributed by atoms with E-state index < -0.39 is 7.60 Å². The molecule has 0 aliphatic rings. The number of pyridine rings is 1. The van der Waals surface area contributed by atoms with Gasteiger partial charge in [0, 0.05) is 12.4 Å². The van der Waals surface area contributed by atoms with E-state index in [2.05, 4.69) is 4.98 Å². The molecule has 0 amide bonds. The van der Waals surface area contributed by atoms with Crippen molar-refractivity contribution in [1.82, 2.24) is 4.98 Å². The van der Waals surface area contributed by atoms with Gasteiger partial charge in [-0.25, -0.2) is 0 Å². The molecular weight excluding hydrogens is 297 g/mol. The second kappa shape index (κ2) is 8.04. The van der Waals surface area contributed by atoms with Gasteiger partial charge < -0.3 is 9.05 Å². The van der Waals surface area contributed by atoms with Crippen LogP contribution < -0.4 is 5.30 Å². The summed E-state index contributed by atoms with van der Waals surface area (Å²) in [5.41, 5.74) is 2.04. The third kappa shape index (κ3) is 4.38. The first kappa shape index (κ1) is 16.6. The van der Waals surface area contributed by atoms with E-state index in [1.165, 1.54) is 0 Å². The lowest BCUT2D eigenvalue weighted by Gasteiger charge is -2.17. The Morgan fingerprint density at radius 2 is 1.64 bits per heavy atom. The number of benzene rings is 1. The van der Waals surface area contributed by atoms with Crippen molar-refractivity contribution in [3.63, 3.8) is 0 Å². The highest BCUT2D eigenvalue weighted by molar-refractivity contribution is 7.62. The summed E-state index contributed by atoms with van der Waals surface area (Å²) >= 11 is 0. The summed E-state index contributed by atoms with van der Waals surface area (Å²) < 4.78 is 23.3. The number of aromatic nitrogens is 1. The van der Waals surface area contributed by atoms with Crippen LogP contribution in [0.1, 0.15) is 25.0 Å². The molecule has 0 atom stereocenters. The fraction of sp³-hybridized carbons (Fsp3) is 0.235. The zero-order valence-corrected chi connectivity index (χ0v) is 13.7. The molecule has 0 unspecified atom stereocenters.